The maximum absolute atomic E-state index is 13.4. The molecule has 3 heterocycles. The van der Waals surface area contributed by atoms with Crippen molar-refractivity contribution in [2.75, 3.05) is 46.5 Å². The van der Waals surface area contributed by atoms with Gasteiger partial charge in [0, 0.05) is 31.7 Å². The van der Waals surface area contributed by atoms with Gasteiger partial charge in [-0.1, -0.05) is 6.07 Å². The third kappa shape index (κ3) is 5.36. The molecule has 0 saturated carbocycles. The van der Waals surface area contributed by atoms with Gasteiger partial charge < -0.3 is 29.0 Å². The third-order valence-electron chi connectivity index (χ3n) is 6.24. The summed E-state index contributed by atoms with van der Waals surface area (Å²) in [5.74, 6) is 0.203. The molecule has 1 atom stereocenters. The molecule has 2 aromatic rings. The van der Waals surface area contributed by atoms with Crippen LogP contribution in [0.5, 0.6) is 5.75 Å². The lowest BCUT2D eigenvalue weighted by molar-refractivity contribution is -0.139. The van der Waals surface area contributed by atoms with Gasteiger partial charge >= 0.3 is 0 Å². The molecule has 176 valence electrons. The van der Waals surface area contributed by atoms with Crippen molar-refractivity contribution in [2.45, 2.75) is 18.9 Å². The Balaban J connectivity index is 1.47. The van der Waals surface area contributed by atoms with Crippen LogP contribution in [0.1, 0.15) is 33.8 Å². The van der Waals surface area contributed by atoms with Gasteiger partial charge in [-0.25, -0.2) is 0 Å². The van der Waals surface area contributed by atoms with Crippen molar-refractivity contribution in [2.24, 2.45) is 5.92 Å². The van der Waals surface area contributed by atoms with Crippen LogP contribution in [0.2, 0.25) is 0 Å². The first-order valence-corrected chi connectivity index (χ1v) is 11.2. The van der Waals surface area contributed by atoms with Crippen molar-refractivity contribution >= 4 is 17.7 Å². The summed E-state index contributed by atoms with van der Waals surface area (Å²) in [5.41, 5.74) is 0.430. The molecule has 3 amide bonds. The van der Waals surface area contributed by atoms with Crippen LogP contribution in [-0.2, 0) is 9.53 Å². The number of amides is 3. The van der Waals surface area contributed by atoms with Crippen molar-refractivity contribution in [3.05, 3.63) is 54.0 Å². The van der Waals surface area contributed by atoms with Gasteiger partial charge in [-0.05, 0) is 49.1 Å². The number of benzene rings is 1. The number of methoxy groups -OCH3 is 1. The lowest BCUT2D eigenvalue weighted by Gasteiger charge is -2.38. The summed E-state index contributed by atoms with van der Waals surface area (Å²) >= 11 is 0. The molecule has 2 aliphatic heterocycles. The quantitative estimate of drug-likeness (QED) is 0.713. The Hall–Kier alpha value is -3.33. The van der Waals surface area contributed by atoms with E-state index in [1.165, 1.54) is 6.26 Å². The normalized spacial score (nSPS) is 18.0. The van der Waals surface area contributed by atoms with Crippen molar-refractivity contribution in [1.82, 2.24) is 15.1 Å². The van der Waals surface area contributed by atoms with Crippen LogP contribution in [0, 0.1) is 5.92 Å². The van der Waals surface area contributed by atoms with E-state index in [0.29, 0.717) is 69.3 Å². The van der Waals surface area contributed by atoms with E-state index in [1.54, 1.807) is 53.3 Å². The monoisotopic (exact) mass is 455 g/mol. The second kappa shape index (κ2) is 10.5. The Labute approximate surface area is 192 Å². The number of carbonyl (C=O) groups excluding carboxylic acids is 3. The van der Waals surface area contributed by atoms with E-state index in [-0.39, 0.29) is 23.6 Å². The molecule has 33 heavy (non-hydrogen) atoms. The molecular formula is C24H29N3O6. The fourth-order valence-corrected chi connectivity index (χ4v) is 4.34. The zero-order valence-corrected chi connectivity index (χ0v) is 18.7. The van der Waals surface area contributed by atoms with Crippen molar-refractivity contribution < 1.29 is 28.3 Å². The lowest BCUT2D eigenvalue weighted by Crippen LogP contribution is -2.56. The molecular weight excluding hydrogens is 426 g/mol. The Morgan fingerprint density at radius 3 is 2.45 bits per heavy atom. The highest BCUT2D eigenvalue weighted by Crippen LogP contribution is 2.24. The van der Waals surface area contributed by atoms with E-state index in [9.17, 15) is 14.4 Å². The number of piperidine rings is 1. The first-order chi connectivity index (χ1) is 16.1. The fourth-order valence-electron chi connectivity index (χ4n) is 4.34. The Kier molecular flexibility index (Phi) is 7.29. The molecule has 2 saturated heterocycles. The molecule has 0 bridgehead atoms. The number of rotatable bonds is 6. The van der Waals surface area contributed by atoms with E-state index >= 15 is 0 Å². The zero-order chi connectivity index (χ0) is 23.2. The molecule has 0 aliphatic carbocycles. The Morgan fingerprint density at radius 1 is 1.03 bits per heavy atom. The summed E-state index contributed by atoms with van der Waals surface area (Å²) in [6.07, 6.45) is 2.68. The molecule has 4 rings (SSSR count). The minimum atomic E-state index is -0.678. The minimum absolute atomic E-state index is 0.0875. The predicted molar refractivity (Wildman–Crippen MR) is 119 cm³/mol. The average molecular weight is 456 g/mol. The summed E-state index contributed by atoms with van der Waals surface area (Å²) < 4.78 is 15.8. The van der Waals surface area contributed by atoms with Crippen LogP contribution in [0.4, 0.5) is 0 Å². The first-order valence-electron chi connectivity index (χ1n) is 11.2. The van der Waals surface area contributed by atoms with Gasteiger partial charge in [0.25, 0.3) is 11.8 Å². The van der Waals surface area contributed by atoms with E-state index in [4.69, 9.17) is 13.9 Å². The predicted octanol–water partition coefficient (Wildman–Crippen LogP) is 1.80. The van der Waals surface area contributed by atoms with Gasteiger partial charge in [0.15, 0.2) is 5.76 Å². The minimum Gasteiger partial charge on any atom is -0.497 e. The van der Waals surface area contributed by atoms with Gasteiger partial charge in [-0.3, -0.25) is 14.4 Å². The molecule has 0 spiro atoms. The Morgan fingerprint density at radius 2 is 1.79 bits per heavy atom. The average Bonchev–Trinajstić information content (AvgIpc) is 3.42. The highest BCUT2D eigenvalue weighted by molar-refractivity contribution is 5.98. The number of carbonyl (C=O) groups is 3. The topological polar surface area (TPSA) is 101 Å². The Bertz CT molecular complexity index is 962. The molecule has 9 nitrogen and oxygen atoms in total. The number of ether oxygens (including phenoxy) is 2. The number of morpholine rings is 1. The molecule has 9 heteroatoms. The van der Waals surface area contributed by atoms with E-state index < -0.39 is 6.04 Å². The summed E-state index contributed by atoms with van der Waals surface area (Å²) in [4.78, 5) is 42.6. The second-order valence-electron chi connectivity index (χ2n) is 8.23. The molecule has 1 unspecified atom stereocenters. The first kappa shape index (κ1) is 22.8. The number of likely N-dealkylation sites (tertiary alicyclic amines) is 1. The summed E-state index contributed by atoms with van der Waals surface area (Å²) in [5, 5.41) is 2.97. The fraction of sp³-hybridized carbons (Fsp3) is 0.458. The van der Waals surface area contributed by atoms with E-state index in [0.717, 1.165) is 0 Å². The van der Waals surface area contributed by atoms with E-state index in [2.05, 4.69) is 5.32 Å². The molecule has 1 aromatic heterocycles. The zero-order valence-electron chi connectivity index (χ0n) is 18.7. The van der Waals surface area contributed by atoms with Crippen LogP contribution in [0.25, 0.3) is 0 Å². The van der Waals surface area contributed by atoms with Gasteiger partial charge in [0.1, 0.15) is 11.8 Å². The molecule has 2 aliphatic rings. The third-order valence-corrected chi connectivity index (χ3v) is 6.24. The van der Waals surface area contributed by atoms with Crippen LogP contribution in [-0.4, -0.2) is 80.1 Å². The number of nitrogens with one attached hydrogen (secondary N) is 1. The standard InChI is InChI=1S/C24H29N3O6/c1-31-19-5-2-4-18(16-19)22(28)25-21(24(30)27-11-14-32-15-12-27)17-7-9-26(10-8-17)23(29)20-6-3-13-33-20/h2-6,13,16-17,21H,7-12,14-15H2,1H3,(H,25,28). The van der Waals surface area contributed by atoms with Crippen LogP contribution >= 0.6 is 0 Å². The number of nitrogens with zero attached hydrogens (tertiary/aromatic N) is 2. The highest BCUT2D eigenvalue weighted by Gasteiger charge is 2.37. The summed E-state index contributed by atoms with van der Waals surface area (Å²) in [6.45, 7) is 2.95. The van der Waals surface area contributed by atoms with Crippen molar-refractivity contribution in [3.63, 3.8) is 0 Å². The molecule has 1 aromatic carbocycles. The van der Waals surface area contributed by atoms with Gasteiger partial charge in [-0.2, -0.15) is 0 Å². The largest absolute Gasteiger partial charge is 0.497 e. The van der Waals surface area contributed by atoms with Crippen molar-refractivity contribution in [1.29, 1.82) is 0 Å². The molecule has 1 N–H and O–H groups in total. The molecule has 2 fully saturated rings. The number of hydrogen-bond donors (Lipinski definition) is 1. The number of furan rings is 1. The van der Waals surface area contributed by atoms with Gasteiger partial charge in [0.05, 0.1) is 26.6 Å². The van der Waals surface area contributed by atoms with Crippen molar-refractivity contribution in [3.8, 4) is 5.75 Å². The maximum atomic E-state index is 13.4. The van der Waals surface area contributed by atoms with Crippen LogP contribution in [0.3, 0.4) is 0 Å². The summed E-state index contributed by atoms with van der Waals surface area (Å²) in [7, 11) is 1.54. The highest BCUT2D eigenvalue weighted by atomic mass is 16.5. The SMILES string of the molecule is COc1cccc(C(=O)NC(C(=O)N2CCOCC2)C2CCN(C(=O)c3ccco3)CC2)c1. The second-order valence-corrected chi connectivity index (χ2v) is 8.23. The summed E-state index contributed by atoms with van der Waals surface area (Å²) in [6, 6.07) is 9.50. The van der Waals surface area contributed by atoms with E-state index in [1.807, 2.05) is 0 Å². The number of hydrogen-bond acceptors (Lipinski definition) is 6. The van der Waals surface area contributed by atoms with Crippen LogP contribution in [0.15, 0.2) is 47.1 Å². The van der Waals surface area contributed by atoms with Gasteiger partial charge in [-0.15, -0.1) is 0 Å². The lowest BCUT2D eigenvalue weighted by atomic mass is 9.88. The van der Waals surface area contributed by atoms with Gasteiger partial charge in [0.2, 0.25) is 5.91 Å². The molecule has 0 radical (unpaired) electrons. The smallest absolute Gasteiger partial charge is 0.289 e. The van der Waals surface area contributed by atoms with Crippen LogP contribution < -0.4 is 10.1 Å². The maximum Gasteiger partial charge on any atom is 0.289 e.